The molecule has 0 bridgehead atoms. The topological polar surface area (TPSA) is 35.3 Å². The number of aromatic nitrogens is 1. The lowest BCUT2D eigenvalue weighted by molar-refractivity contribution is 0.306. The molecule has 3 heteroatoms. The molecule has 1 heterocycles. The van der Waals surface area contributed by atoms with Crippen LogP contribution in [0.4, 0.5) is 0 Å². The van der Waals surface area contributed by atoms with E-state index in [1.54, 1.807) is 0 Å². The van der Waals surface area contributed by atoms with Crippen LogP contribution in [-0.4, -0.2) is 4.98 Å². The zero-order valence-corrected chi connectivity index (χ0v) is 16.7. The molecule has 146 valence electrons. The second kappa shape index (κ2) is 7.88. The Hall–Kier alpha value is -3.85. The summed E-state index contributed by atoms with van der Waals surface area (Å²) in [5, 5.41) is 0. The van der Waals surface area contributed by atoms with Gasteiger partial charge in [-0.3, -0.25) is 0 Å². The summed E-state index contributed by atoms with van der Waals surface area (Å²) in [4.78, 5) is 4.69. The SMILES string of the molecule is Cc1ccc(COc2ccc(-c3nc4cc(-c5ccccc5)ccc4o3)cc2)cc1. The van der Waals surface area contributed by atoms with E-state index in [1.807, 2.05) is 48.5 Å². The van der Waals surface area contributed by atoms with Gasteiger partial charge in [-0.15, -0.1) is 0 Å². The van der Waals surface area contributed by atoms with E-state index in [0.29, 0.717) is 12.5 Å². The quantitative estimate of drug-likeness (QED) is 0.322. The summed E-state index contributed by atoms with van der Waals surface area (Å²) >= 11 is 0. The minimum absolute atomic E-state index is 0.546. The van der Waals surface area contributed by atoms with E-state index < -0.39 is 0 Å². The van der Waals surface area contributed by atoms with Crippen molar-refractivity contribution in [2.75, 3.05) is 0 Å². The minimum Gasteiger partial charge on any atom is -0.489 e. The molecule has 0 saturated carbocycles. The summed E-state index contributed by atoms with van der Waals surface area (Å²) in [6, 6.07) is 32.6. The highest BCUT2D eigenvalue weighted by atomic mass is 16.5. The molecule has 30 heavy (non-hydrogen) atoms. The molecule has 0 unspecified atom stereocenters. The molecule has 0 aliphatic carbocycles. The van der Waals surface area contributed by atoms with Gasteiger partial charge in [0.1, 0.15) is 17.9 Å². The van der Waals surface area contributed by atoms with Crippen LogP contribution in [0.25, 0.3) is 33.7 Å². The Bertz CT molecular complexity index is 1270. The van der Waals surface area contributed by atoms with Crippen LogP contribution in [0.2, 0.25) is 0 Å². The smallest absolute Gasteiger partial charge is 0.227 e. The zero-order valence-electron chi connectivity index (χ0n) is 16.7. The molecule has 0 saturated heterocycles. The van der Waals surface area contributed by atoms with E-state index in [0.717, 1.165) is 33.5 Å². The predicted molar refractivity (Wildman–Crippen MR) is 120 cm³/mol. The zero-order chi connectivity index (χ0) is 20.3. The summed E-state index contributed by atoms with van der Waals surface area (Å²) in [6.07, 6.45) is 0. The molecule has 5 aromatic rings. The molecule has 0 amide bonds. The van der Waals surface area contributed by atoms with Crippen molar-refractivity contribution in [3.63, 3.8) is 0 Å². The van der Waals surface area contributed by atoms with Crippen LogP contribution in [0.3, 0.4) is 0 Å². The maximum absolute atomic E-state index is 5.97. The summed E-state index contributed by atoms with van der Waals surface area (Å²) in [6.45, 7) is 2.63. The van der Waals surface area contributed by atoms with Crippen molar-refractivity contribution in [2.24, 2.45) is 0 Å². The summed E-state index contributed by atoms with van der Waals surface area (Å²) in [5.74, 6) is 1.43. The van der Waals surface area contributed by atoms with Crippen LogP contribution in [-0.2, 0) is 6.61 Å². The monoisotopic (exact) mass is 391 g/mol. The fourth-order valence-electron chi connectivity index (χ4n) is 3.41. The number of nitrogens with zero attached hydrogens (tertiary/aromatic N) is 1. The Morgan fingerprint density at radius 1 is 0.733 bits per heavy atom. The van der Waals surface area contributed by atoms with E-state index >= 15 is 0 Å². The molecule has 1 aromatic heterocycles. The van der Waals surface area contributed by atoms with Gasteiger partial charge in [0.15, 0.2) is 5.58 Å². The highest BCUT2D eigenvalue weighted by molar-refractivity contribution is 5.82. The van der Waals surface area contributed by atoms with Crippen molar-refractivity contribution in [2.45, 2.75) is 13.5 Å². The predicted octanol–water partition coefficient (Wildman–Crippen LogP) is 7.05. The number of hydrogen-bond acceptors (Lipinski definition) is 3. The fourth-order valence-corrected chi connectivity index (χ4v) is 3.41. The van der Waals surface area contributed by atoms with Crippen LogP contribution in [0.5, 0.6) is 5.75 Å². The first-order valence-electron chi connectivity index (χ1n) is 9.99. The summed E-state index contributed by atoms with van der Waals surface area (Å²) in [5.41, 5.74) is 7.25. The molecule has 0 N–H and O–H groups in total. The number of aryl methyl sites for hydroxylation is 1. The molecule has 5 rings (SSSR count). The number of oxazole rings is 1. The maximum Gasteiger partial charge on any atom is 0.227 e. The number of rotatable bonds is 5. The van der Waals surface area contributed by atoms with Crippen LogP contribution >= 0.6 is 0 Å². The van der Waals surface area contributed by atoms with Crippen LogP contribution in [0.1, 0.15) is 11.1 Å². The first-order chi connectivity index (χ1) is 14.7. The second-order valence-electron chi connectivity index (χ2n) is 7.37. The lowest BCUT2D eigenvalue weighted by Crippen LogP contribution is -1.95. The largest absolute Gasteiger partial charge is 0.489 e. The molecule has 3 nitrogen and oxygen atoms in total. The van der Waals surface area contributed by atoms with Gasteiger partial charge in [0, 0.05) is 5.56 Å². The van der Waals surface area contributed by atoms with Gasteiger partial charge in [-0.1, -0.05) is 66.2 Å². The van der Waals surface area contributed by atoms with Gasteiger partial charge in [0.05, 0.1) is 0 Å². The Morgan fingerprint density at radius 3 is 2.23 bits per heavy atom. The lowest BCUT2D eigenvalue weighted by Gasteiger charge is -2.07. The Kier molecular flexibility index (Phi) is 4.78. The van der Waals surface area contributed by atoms with Gasteiger partial charge < -0.3 is 9.15 Å². The molecular weight excluding hydrogens is 370 g/mol. The van der Waals surface area contributed by atoms with E-state index in [9.17, 15) is 0 Å². The van der Waals surface area contributed by atoms with E-state index in [2.05, 4.69) is 55.5 Å². The van der Waals surface area contributed by atoms with Crippen molar-refractivity contribution in [3.05, 3.63) is 108 Å². The standard InChI is InChI=1S/C27H21NO2/c1-19-7-9-20(10-8-19)18-29-24-14-11-22(12-15-24)27-28-25-17-23(13-16-26(25)30-27)21-5-3-2-4-6-21/h2-17H,18H2,1H3. The maximum atomic E-state index is 5.97. The van der Waals surface area contributed by atoms with Gasteiger partial charge >= 0.3 is 0 Å². The Morgan fingerprint density at radius 2 is 1.47 bits per heavy atom. The van der Waals surface area contributed by atoms with E-state index in [4.69, 9.17) is 14.1 Å². The summed E-state index contributed by atoms with van der Waals surface area (Å²) in [7, 11) is 0. The third-order valence-electron chi connectivity index (χ3n) is 5.12. The molecule has 0 aliphatic rings. The second-order valence-corrected chi connectivity index (χ2v) is 7.37. The van der Waals surface area contributed by atoms with Crippen LogP contribution in [0.15, 0.2) is 101 Å². The van der Waals surface area contributed by atoms with Gasteiger partial charge in [0.25, 0.3) is 0 Å². The number of ether oxygens (including phenoxy) is 1. The normalized spacial score (nSPS) is 11.0. The van der Waals surface area contributed by atoms with Gasteiger partial charge in [-0.2, -0.15) is 0 Å². The third kappa shape index (κ3) is 3.83. The fraction of sp³-hybridized carbons (Fsp3) is 0.0741. The van der Waals surface area contributed by atoms with Crippen molar-refractivity contribution in [3.8, 4) is 28.3 Å². The van der Waals surface area contributed by atoms with E-state index in [-0.39, 0.29) is 0 Å². The van der Waals surface area contributed by atoms with Crippen LogP contribution in [0, 0.1) is 6.92 Å². The van der Waals surface area contributed by atoms with Gasteiger partial charge in [-0.25, -0.2) is 4.98 Å². The van der Waals surface area contributed by atoms with E-state index in [1.165, 1.54) is 11.1 Å². The Labute approximate surface area is 175 Å². The molecule has 0 radical (unpaired) electrons. The summed E-state index contributed by atoms with van der Waals surface area (Å²) < 4.78 is 11.9. The first-order valence-corrected chi connectivity index (χ1v) is 9.99. The number of hydrogen-bond donors (Lipinski definition) is 0. The lowest BCUT2D eigenvalue weighted by atomic mass is 10.1. The molecule has 0 fully saturated rings. The number of benzene rings is 4. The number of fused-ring (bicyclic) bond motifs is 1. The third-order valence-corrected chi connectivity index (χ3v) is 5.12. The highest BCUT2D eigenvalue weighted by Gasteiger charge is 2.10. The van der Waals surface area contributed by atoms with Crippen molar-refractivity contribution in [1.82, 2.24) is 4.98 Å². The minimum atomic E-state index is 0.546. The first kappa shape index (κ1) is 18.2. The average Bonchev–Trinajstić information content (AvgIpc) is 3.23. The highest BCUT2D eigenvalue weighted by Crippen LogP contribution is 2.29. The molecule has 4 aromatic carbocycles. The average molecular weight is 391 g/mol. The van der Waals surface area contributed by atoms with Crippen molar-refractivity contribution < 1.29 is 9.15 Å². The molecule has 0 aliphatic heterocycles. The molecular formula is C27H21NO2. The van der Waals surface area contributed by atoms with Crippen LogP contribution < -0.4 is 4.74 Å². The Balaban J connectivity index is 1.34. The van der Waals surface area contributed by atoms with Gasteiger partial charge in [-0.05, 0) is 60.0 Å². The van der Waals surface area contributed by atoms with Crippen molar-refractivity contribution in [1.29, 1.82) is 0 Å². The molecule has 0 atom stereocenters. The molecule has 0 spiro atoms. The van der Waals surface area contributed by atoms with Crippen molar-refractivity contribution >= 4 is 11.1 Å². The van der Waals surface area contributed by atoms with Gasteiger partial charge in [0.2, 0.25) is 5.89 Å².